The number of nitrogens with zero attached hydrogens (tertiary/aromatic N) is 1. The Morgan fingerprint density at radius 1 is 1.47 bits per heavy atom. The van der Waals surface area contributed by atoms with Crippen LogP contribution >= 0.6 is 0 Å². The Labute approximate surface area is 103 Å². The summed E-state index contributed by atoms with van der Waals surface area (Å²) in [6, 6.07) is -0.376. The summed E-state index contributed by atoms with van der Waals surface area (Å²) in [5.41, 5.74) is 5.98. The van der Waals surface area contributed by atoms with Crippen molar-refractivity contribution in [1.29, 1.82) is 0 Å². The first kappa shape index (κ1) is 12.8. The Balaban J connectivity index is 1.91. The minimum Gasteiger partial charge on any atom is -0.396 e. The second kappa shape index (κ2) is 4.94. The SMILES string of the molecule is C[C@H](N)C(=O)N1CCC2(CCC(CO)CC2)C1. The standard InChI is InChI=1S/C13H24N2O2/c1-10(14)12(17)15-7-6-13(9-15)4-2-11(8-16)3-5-13/h10-11,16H,2-9,14H2,1H3/t10-,11?,13?/m0/s1. The van der Waals surface area contributed by atoms with Crippen molar-refractivity contribution in [3.63, 3.8) is 0 Å². The third kappa shape index (κ3) is 2.63. The third-order valence-corrected chi connectivity index (χ3v) is 4.56. The lowest BCUT2D eigenvalue weighted by Crippen LogP contribution is -2.42. The minimum atomic E-state index is -0.376. The highest BCUT2D eigenvalue weighted by Gasteiger charge is 2.42. The maximum atomic E-state index is 11.9. The third-order valence-electron chi connectivity index (χ3n) is 4.56. The second-order valence-electron chi connectivity index (χ2n) is 5.92. The lowest BCUT2D eigenvalue weighted by Gasteiger charge is -2.36. The van der Waals surface area contributed by atoms with E-state index in [1.807, 2.05) is 4.90 Å². The Kier molecular flexibility index (Phi) is 3.73. The van der Waals surface area contributed by atoms with Crippen molar-refractivity contribution in [2.24, 2.45) is 17.1 Å². The van der Waals surface area contributed by atoms with E-state index < -0.39 is 0 Å². The second-order valence-corrected chi connectivity index (χ2v) is 5.92. The number of aliphatic hydroxyl groups excluding tert-OH is 1. The molecule has 1 aliphatic heterocycles. The van der Waals surface area contributed by atoms with Gasteiger partial charge in [0.25, 0.3) is 0 Å². The summed E-state index contributed by atoms with van der Waals surface area (Å²) < 4.78 is 0. The molecule has 1 saturated carbocycles. The highest BCUT2D eigenvalue weighted by atomic mass is 16.3. The van der Waals surface area contributed by atoms with Crippen molar-refractivity contribution in [2.45, 2.75) is 45.1 Å². The quantitative estimate of drug-likeness (QED) is 0.748. The smallest absolute Gasteiger partial charge is 0.239 e. The van der Waals surface area contributed by atoms with Crippen molar-refractivity contribution in [2.75, 3.05) is 19.7 Å². The summed E-state index contributed by atoms with van der Waals surface area (Å²) in [5, 5.41) is 9.15. The first-order valence-corrected chi connectivity index (χ1v) is 6.71. The van der Waals surface area contributed by atoms with E-state index in [4.69, 9.17) is 10.8 Å². The van der Waals surface area contributed by atoms with Gasteiger partial charge in [0.1, 0.15) is 0 Å². The predicted molar refractivity (Wildman–Crippen MR) is 66.3 cm³/mol. The highest BCUT2D eigenvalue weighted by Crippen LogP contribution is 2.45. The number of rotatable bonds is 2. The van der Waals surface area contributed by atoms with Crippen LogP contribution in [0.5, 0.6) is 0 Å². The molecule has 1 heterocycles. The summed E-state index contributed by atoms with van der Waals surface area (Å²) in [5.74, 6) is 0.574. The summed E-state index contributed by atoms with van der Waals surface area (Å²) in [6.45, 7) is 3.82. The van der Waals surface area contributed by atoms with Crippen molar-refractivity contribution < 1.29 is 9.90 Å². The Morgan fingerprint density at radius 3 is 2.65 bits per heavy atom. The van der Waals surface area contributed by atoms with Gasteiger partial charge in [0.05, 0.1) is 6.04 Å². The van der Waals surface area contributed by atoms with Crippen LogP contribution in [0.25, 0.3) is 0 Å². The van der Waals surface area contributed by atoms with Gasteiger partial charge in [-0.15, -0.1) is 0 Å². The molecular formula is C13H24N2O2. The van der Waals surface area contributed by atoms with Crippen LogP contribution in [0.3, 0.4) is 0 Å². The first-order chi connectivity index (χ1) is 8.06. The zero-order valence-corrected chi connectivity index (χ0v) is 10.7. The van der Waals surface area contributed by atoms with E-state index in [0.29, 0.717) is 17.9 Å². The van der Waals surface area contributed by atoms with Crippen molar-refractivity contribution in [3.8, 4) is 0 Å². The van der Waals surface area contributed by atoms with Crippen molar-refractivity contribution in [3.05, 3.63) is 0 Å². The van der Waals surface area contributed by atoms with Gasteiger partial charge in [0.2, 0.25) is 5.91 Å². The van der Waals surface area contributed by atoms with Gasteiger partial charge in [-0.2, -0.15) is 0 Å². The average molecular weight is 240 g/mol. The molecule has 2 rings (SSSR count). The zero-order valence-electron chi connectivity index (χ0n) is 10.7. The van der Waals surface area contributed by atoms with Crippen LogP contribution in [0, 0.1) is 11.3 Å². The number of carbonyl (C=O) groups is 1. The molecule has 2 aliphatic rings. The van der Waals surface area contributed by atoms with Crippen molar-refractivity contribution >= 4 is 5.91 Å². The number of hydrogen-bond donors (Lipinski definition) is 2. The monoisotopic (exact) mass is 240 g/mol. The van der Waals surface area contributed by atoms with E-state index in [2.05, 4.69) is 0 Å². The van der Waals surface area contributed by atoms with E-state index in [9.17, 15) is 4.79 Å². The molecule has 1 aliphatic carbocycles. The summed E-state index contributed by atoms with van der Waals surface area (Å²) in [6.07, 6.45) is 5.64. The molecule has 98 valence electrons. The van der Waals surface area contributed by atoms with E-state index in [-0.39, 0.29) is 11.9 Å². The number of carbonyl (C=O) groups excluding carboxylic acids is 1. The Morgan fingerprint density at radius 2 is 2.12 bits per heavy atom. The van der Waals surface area contributed by atoms with Crippen LogP contribution in [0.2, 0.25) is 0 Å². The number of hydrogen-bond acceptors (Lipinski definition) is 3. The molecule has 4 nitrogen and oxygen atoms in total. The largest absolute Gasteiger partial charge is 0.396 e. The fraction of sp³-hybridized carbons (Fsp3) is 0.923. The molecule has 2 fully saturated rings. The Hall–Kier alpha value is -0.610. The van der Waals surface area contributed by atoms with Crippen LogP contribution in [0.1, 0.15) is 39.0 Å². The molecule has 0 aromatic heterocycles. The van der Waals surface area contributed by atoms with Crippen LogP contribution in [-0.4, -0.2) is 41.7 Å². The van der Waals surface area contributed by atoms with Crippen LogP contribution in [0.15, 0.2) is 0 Å². The number of nitrogens with two attached hydrogens (primary N) is 1. The van der Waals surface area contributed by atoms with Gasteiger partial charge < -0.3 is 15.7 Å². The van der Waals surface area contributed by atoms with Gasteiger partial charge in [0, 0.05) is 19.7 Å². The van der Waals surface area contributed by atoms with Gasteiger partial charge in [0.15, 0.2) is 0 Å². The normalized spacial score (nSPS) is 35.2. The number of likely N-dealkylation sites (tertiary alicyclic amines) is 1. The zero-order chi connectivity index (χ0) is 12.5. The van der Waals surface area contributed by atoms with Gasteiger partial charge in [-0.3, -0.25) is 4.79 Å². The summed E-state index contributed by atoms with van der Waals surface area (Å²) >= 11 is 0. The van der Waals surface area contributed by atoms with Crippen LogP contribution < -0.4 is 5.73 Å². The molecule has 4 heteroatoms. The maximum absolute atomic E-state index is 11.9. The molecule has 1 saturated heterocycles. The fourth-order valence-corrected chi connectivity index (χ4v) is 3.29. The maximum Gasteiger partial charge on any atom is 0.239 e. The minimum absolute atomic E-state index is 0.0890. The lowest BCUT2D eigenvalue weighted by molar-refractivity contribution is -0.131. The van der Waals surface area contributed by atoms with Crippen molar-refractivity contribution in [1.82, 2.24) is 4.90 Å². The lowest BCUT2D eigenvalue weighted by atomic mass is 9.70. The first-order valence-electron chi connectivity index (χ1n) is 6.71. The van der Waals surface area contributed by atoms with Crippen LogP contribution in [-0.2, 0) is 4.79 Å². The molecule has 0 aromatic carbocycles. The van der Waals surface area contributed by atoms with E-state index in [1.165, 1.54) is 0 Å². The fourth-order valence-electron chi connectivity index (χ4n) is 3.29. The van der Waals surface area contributed by atoms with Gasteiger partial charge in [-0.25, -0.2) is 0 Å². The molecule has 0 bridgehead atoms. The average Bonchev–Trinajstić information content (AvgIpc) is 2.73. The van der Waals surface area contributed by atoms with Gasteiger partial charge in [-0.1, -0.05) is 0 Å². The molecular weight excluding hydrogens is 216 g/mol. The molecule has 1 spiro atoms. The molecule has 17 heavy (non-hydrogen) atoms. The van der Waals surface area contributed by atoms with Crippen LogP contribution in [0.4, 0.5) is 0 Å². The number of aliphatic hydroxyl groups is 1. The molecule has 0 unspecified atom stereocenters. The van der Waals surface area contributed by atoms with Gasteiger partial charge >= 0.3 is 0 Å². The number of amides is 1. The van der Waals surface area contributed by atoms with E-state index in [1.54, 1.807) is 6.92 Å². The Bertz CT molecular complexity index is 283. The molecule has 0 aromatic rings. The highest BCUT2D eigenvalue weighted by molar-refractivity contribution is 5.81. The molecule has 1 amide bonds. The van der Waals surface area contributed by atoms with Gasteiger partial charge in [-0.05, 0) is 50.4 Å². The summed E-state index contributed by atoms with van der Waals surface area (Å²) in [7, 11) is 0. The van der Waals surface area contributed by atoms with E-state index in [0.717, 1.165) is 45.2 Å². The molecule has 3 N–H and O–H groups in total. The van der Waals surface area contributed by atoms with E-state index >= 15 is 0 Å². The molecule has 0 radical (unpaired) electrons. The molecule has 1 atom stereocenters. The predicted octanol–water partition coefficient (Wildman–Crippen LogP) is 0.735. The summed E-state index contributed by atoms with van der Waals surface area (Å²) in [4.78, 5) is 13.8. The topological polar surface area (TPSA) is 66.6 Å².